The first-order valence-electron chi connectivity index (χ1n) is 13.3. The molecule has 3 saturated heterocycles. The van der Waals surface area contributed by atoms with Gasteiger partial charge in [0.2, 0.25) is 17.7 Å². The van der Waals surface area contributed by atoms with Crippen molar-refractivity contribution in [3.05, 3.63) is 35.9 Å². The van der Waals surface area contributed by atoms with E-state index < -0.39 is 34.6 Å². The molecule has 4 rings (SSSR count). The van der Waals surface area contributed by atoms with E-state index in [1.165, 1.54) is 0 Å². The molecule has 1 spiro atoms. The SMILES string of the molecule is CC[C@]12CCC3(O1)C(C(=O)NC(C)(C)C)N(CCCCCO)C(=O)[C@@H]3[C@H]2C(=O)NCc1ccccc1. The van der Waals surface area contributed by atoms with Gasteiger partial charge in [0, 0.05) is 25.2 Å². The molecule has 3 fully saturated rings. The van der Waals surface area contributed by atoms with Crippen molar-refractivity contribution >= 4 is 17.7 Å². The number of unbranched alkanes of at least 4 members (excludes halogenated alkanes) is 2. The number of nitrogens with one attached hydrogen (secondary N) is 2. The maximum atomic E-state index is 14.0. The zero-order valence-electron chi connectivity index (χ0n) is 22.0. The largest absolute Gasteiger partial charge is 0.396 e. The van der Waals surface area contributed by atoms with Gasteiger partial charge in [0.05, 0.1) is 17.4 Å². The molecule has 3 aliphatic rings. The van der Waals surface area contributed by atoms with Crippen LogP contribution in [0.5, 0.6) is 0 Å². The van der Waals surface area contributed by atoms with E-state index >= 15 is 0 Å². The predicted molar refractivity (Wildman–Crippen MR) is 136 cm³/mol. The van der Waals surface area contributed by atoms with Gasteiger partial charge in [-0.3, -0.25) is 14.4 Å². The van der Waals surface area contributed by atoms with Crippen molar-refractivity contribution in [2.45, 2.75) is 95.5 Å². The van der Waals surface area contributed by atoms with Crippen LogP contribution < -0.4 is 10.6 Å². The predicted octanol–water partition coefficient (Wildman–Crippen LogP) is 2.53. The lowest BCUT2D eigenvalue weighted by atomic mass is 9.65. The molecular formula is C28H41N3O5. The first-order chi connectivity index (χ1) is 17.1. The fourth-order valence-electron chi connectivity index (χ4n) is 6.56. The van der Waals surface area contributed by atoms with Crippen LogP contribution in [0.4, 0.5) is 0 Å². The third kappa shape index (κ3) is 4.65. The standard InChI is InChI=1S/C28H41N3O5/c1-5-27-14-15-28(36-27)21(20(27)23(33)29-18-19-12-8-6-9-13-19)25(35)31(16-10-7-11-17-32)22(28)24(34)30-26(2,3)4/h6,8-9,12-13,20-22,32H,5,7,10-11,14-18H2,1-4H3,(H,29,33)(H,30,34)/t20-,21-,22?,27+,28?/m0/s1. The van der Waals surface area contributed by atoms with Crippen LogP contribution in [0.2, 0.25) is 0 Å². The number of hydrogen-bond acceptors (Lipinski definition) is 5. The van der Waals surface area contributed by atoms with E-state index in [-0.39, 0.29) is 24.3 Å². The monoisotopic (exact) mass is 499 g/mol. The summed E-state index contributed by atoms with van der Waals surface area (Å²) in [6, 6.07) is 8.92. The molecule has 0 saturated carbocycles. The van der Waals surface area contributed by atoms with E-state index in [9.17, 15) is 14.4 Å². The molecule has 2 unspecified atom stereocenters. The van der Waals surface area contributed by atoms with Gasteiger partial charge in [0.1, 0.15) is 11.6 Å². The molecule has 8 nitrogen and oxygen atoms in total. The maximum Gasteiger partial charge on any atom is 0.246 e. The number of carbonyl (C=O) groups is 3. The highest BCUT2D eigenvalue weighted by Crippen LogP contribution is 2.64. The summed E-state index contributed by atoms with van der Waals surface area (Å²) >= 11 is 0. The summed E-state index contributed by atoms with van der Waals surface area (Å²) in [5.74, 6) is -1.89. The number of ether oxygens (including phenoxy) is 1. The average Bonchev–Trinajstić information content (AvgIpc) is 3.43. The first kappa shape index (κ1) is 26.6. The van der Waals surface area contributed by atoms with Crippen LogP contribution in [0.15, 0.2) is 30.3 Å². The number of rotatable bonds is 10. The summed E-state index contributed by atoms with van der Waals surface area (Å²) in [5, 5.41) is 15.3. The van der Waals surface area contributed by atoms with Gasteiger partial charge in [0.25, 0.3) is 0 Å². The van der Waals surface area contributed by atoms with E-state index in [1.807, 2.05) is 58.0 Å². The Morgan fingerprint density at radius 3 is 2.47 bits per heavy atom. The van der Waals surface area contributed by atoms with Crippen molar-refractivity contribution in [2.24, 2.45) is 11.8 Å². The number of carbonyl (C=O) groups excluding carboxylic acids is 3. The molecule has 3 amide bonds. The van der Waals surface area contributed by atoms with Gasteiger partial charge in [-0.25, -0.2) is 0 Å². The van der Waals surface area contributed by atoms with Gasteiger partial charge < -0.3 is 25.4 Å². The maximum absolute atomic E-state index is 14.0. The molecule has 198 valence electrons. The van der Waals surface area contributed by atoms with Crippen LogP contribution in [-0.4, -0.2) is 63.7 Å². The molecule has 3 N–H and O–H groups in total. The van der Waals surface area contributed by atoms with Crippen LogP contribution in [0, 0.1) is 11.8 Å². The topological polar surface area (TPSA) is 108 Å². The number of hydrogen-bond donors (Lipinski definition) is 3. The Hall–Kier alpha value is -2.45. The Kier molecular flexibility index (Phi) is 7.49. The number of nitrogens with zero attached hydrogens (tertiary/aromatic N) is 1. The highest BCUT2D eigenvalue weighted by molar-refractivity contribution is 5.99. The van der Waals surface area contributed by atoms with Crippen LogP contribution in [-0.2, 0) is 25.7 Å². The molecule has 3 aliphatic heterocycles. The van der Waals surface area contributed by atoms with Crippen molar-refractivity contribution in [3.63, 3.8) is 0 Å². The van der Waals surface area contributed by atoms with Crippen LogP contribution in [0.3, 0.4) is 0 Å². The second-order valence-electron chi connectivity index (χ2n) is 11.6. The van der Waals surface area contributed by atoms with Crippen LogP contribution in [0.25, 0.3) is 0 Å². The molecule has 0 radical (unpaired) electrons. The highest BCUT2D eigenvalue weighted by atomic mass is 16.5. The lowest BCUT2D eigenvalue weighted by Gasteiger charge is -2.35. The quantitative estimate of drug-likeness (QED) is 0.429. The normalized spacial score (nSPS) is 31.0. The average molecular weight is 500 g/mol. The summed E-state index contributed by atoms with van der Waals surface area (Å²) in [6.07, 6.45) is 3.91. The van der Waals surface area contributed by atoms with Crippen molar-refractivity contribution in [1.82, 2.24) is 15.5 Å². The smallest absolute Gasteiger partial charge is 0.246 e. The van der Waals surface area contributed by atoms with Gasteiger partial charge in [-0.05, 0) is 64.9 Å². The van der Waals surface area contributed by atoms with Crippen molar-refractivity contribution < 1.29 is 24.2 Å². The molecule has 0 aromatic heterocycles. The first-order valence-corrected chi connectivity index (χ1v) is 13.3. The zero-order chi connectivity index (χ0) is 26.1. The molecular weight excluding hydrogens is 458 g/mol. The summed E-state index contributed by atoms with van der Waals surface area (Å²) in [4.78, 5) is 43.0. The van der Waals surface area contributed by atoms with Gasteiger partial charge >= 0.3 is 0 Å². The van der Waals surface area contributed by atoms with E-state index in [2.05, 4.69) is 10.6 Å². The summed E-state index contributed by atoms with van der Waals surface area (Å²) in [7, 11) is 0. The number of aliphatic hydroxyl groups excluding tert-OH is 1. The minimum atomic E-state index is -1.01. The van der Waals surface area contributed by atoms with Crippen LogP contribution in [0.1, 0.15) is 71.8 Å². The van der Waals surface area contributed by atoms with Gasteiger partial charge in [-0.1, -0.05) is 37.3 Å². The molecule has 5 atom stereocenters. The Morgan fingerprint density at radius 1 is 1.11 bits per heavy atom. The molecule has 0 aliphatic carbocycles. The van der Waals surface area contributed by atoms with Crippen LogP contribution >= 0.6 is 0 Å². The molecule has 1 aromatic rings. The van der Waals surface area contributed by atoms with E-state index in [0.29, 0.717) is 45.2 Å². The Bertz CT molecular complexity index is 977. The highest BCUT2D eigenvalue weighted by Gasteiger charge is 2.78. The lowest BCUT2D eigenvalue weighted by molar-refractivity contribution is -0.148. The minimum Gasteiger partial charge on any atom is -0.396 e. The molecule has 3 heterocycles. The van der Waals surface area contributed by atoms with Crippen molar-refractivity contribution in [1.29, 1.82) is 0 Å². The number of benzene rings is 1. The van der Waals surface area contributed by atoms with E-state index in [1.54, 1.807) is 4.90 Å². The third-order valence-electron chi connectivity index (χ3n) is 8.08. The number of fused-ring (bicyclic) bond motifs is 1. The Labute approximate surface area is 214 Å². The van der Waals surface area contributed by atoms with Gasteiger partial charge in [0.15, 0.2) is 0 Å². The third-order valence-corrected chi connectivity index (χ3v) is 8.08. The second-order valence-corrected chi connectivity index (χ2v) is 11.6. The fraction of sp³-hybridized carbons (Fsp3) is 0.679. The fourth-order valence-corrected chi connectivity index (χ4v) is 6.56. The van der Waals surface area contributed by atoms with E-state index in [4.69, 9.17) is 9.84 Å². The Morgan fingerprint density at radius 2 is 1.83 bits per heavy atom. The molecule has 36 heavy (non-hydrogen) atoms. The molecule has 1 aromatic carbocycles. The lowest BCUT2D eigenvalue weighted by Crippen LogP contribution is -2.58. The van der Waals surface area contributed by atoms with Crippen molar-refractivity contribution in [3.8, 4) is 0 Å². The summed E-state index contributed by atoms with van der Waals surface area (Å²) in [6.45, 7) is 8.64. The molecule has 2 bridgehead atoms. The summed E-state index contributed by atoms with van der Waals surface area (Å²) in [5.41, 5.74) is -1.23. The van der Waals surface area contributed by atoms with Crippen molar-refractivity contribution in [2.75, 3.05) is 13.2 Å². The molecule has 8 heteroatoms. The minimum absolute atomic E-state index is 0.0975. The van der Waals surface area contributed by atoms with Gasteiger partial charge in [-0.15, -0.1) is 0 Å². The van der Waals surface area contributed by atoms with E-state index in [0.717, 1.165) is 12.0 Å². The summed E-state index contributed by atoms with van der Waals surface area (Å²) < 4.78 is 6.76. The number of aliphatic hydroxyl groups is 1. The van der Waals surface area contributed by atoms with Gasteiger partial charge in [-0.2, -0.15) is 0 Å². The Balaban J connectivity index is 1.65. The number of likely N-dealkylation sites (tertiary alicyclic amines) is 1. The number of amides is 3. The zero-order valence-corrected chi connectivity index (χ0v) is 22.0. The second kappa shape index (κ2) is 10.1.